The van der Waals surface area contributed by atoms with Crippen LogP contribution in [0.3, 0.4) is 0 Å². The van der Waals surface area contributed by atoms with E-state index in [4.69, 9.17) is 14.7 Å². The maximum atomic E-state index is 12.2. The molecule has 4 N–H and O–H groups in total. The summed E-state index contributed by atoms with van der Waals surface area (Å²) >= 11 is 1.45. The summed E-state index contributed by atoms with van der Waals surface area (Å²) in [6.07, 6.45) is 3.71. The Bertz CT molecular complexity index is 1290. The second kappa shape index (κ2) is 16.2. The number of rotatable bonds is 14. The summed E-state index contributed by atoms with van der Waals surface area (Å²) in [7, 11) is 0. The van der Waals surface area contributed by atoms with Crippen LogP contribution in [0.2, 0.25) is 0 Å². The highest BCUT2D eigenvalue weighted by Gasteiger charge is 2.32. The minimum atomic E-state index is -0.612. The molecule has 0 radical (unpaired) electrons. The van der Waals surface area contributed by atoms with Gasteiger partial charge in [0.2, 0.25) is 11.8 Å². The highest BCUT2D eigenvalue weighted by Crippen LogP contribution is 2.39. The first-order valence-electron chi connectivity index (χ1n) is 14.0. The van der Waals surface area contributed by atoms with Gasteiger partial charge in [0, 0.05) is 49.3 Å². The molecule has 1 aliphatic heterocycles. The third-order valence-corrected chi connectivity index (χ3v) is 8.14. The molecule has 2 aromatic carbocycles. The molecule has 224 valence electrons. The minimum absolute atomic E-state index is 0.0264. The van der Waals surface area contributed by atoms with Gasteiger partial charge in [-0.05, 0) is 35.6 Å². The molecule has 2 heterocycles. The molecule has 0 bridgehead atoms. The normalized spacial score (nSPS) is 18.4. The van der Waals surface area contributed by atoms with E-state index in [9.17, 15) is 19.9 Å². The van der Waals surface area contributed by atoms with Gasteiger partial charge in [0.05, 0.1) is 18.8 Å². The second-order valence-electron chi connectivity index (χ2n) is 10.1. The molecule has 11 heteroatoms. The lowest BCUT2D eigenvalue weighted by Gasteiger charge is -2.36. The maximum Gasteiger partial charge on any atom is 0.251 e. The number of ether oxygens (including phenoxy) is 2. The molecule has 42 heavy (non-hydrogen) atoms. The standard InChI is InChI=1S/C31H37N3O7S/c35-20-23-11-13-24(14-12-23)27-18-26(21-42-30-8-4-5-17-34(30)39)40-31(41-27)25-15-9-22(10-16-25)19-32-28(36)6-2-1-3-7-29(37)33-38/h4-5,8-17,26-27,31,35,38H,1-3,6-7,18-21H2,(H,32,36)(H,33,37)/t26-,27+,31+/m0/s1. The van der Waals surface area contributed by atoms with Crippen LogP contribution in [-0.2, 0) is 32.2 Å². The van der Waals surface area contributed by atoms with Gasteiger partial charge < -0.3 is 25.1 Å². The van der Waals surface area contributed by atoms with Crippen LogP contribution in [0, 0.1) is 5.21 Å². The lowest BCUT2D eigenvalue weighted by atomic mass is 10.0. The number of carbonyl (C=O) groups excluding carboxylic acids is 2. The summed E-state index contributed by atoms with van der Waals surface area (Å²) in [5.74, 6) is 0.103. The predicted molar refractivity (Wildman–Crippen MR) is 156 cm³/mol. The quantitative estimate of drug-likeness (QED) is 0.0542. The number of aliphatic hydroxyl groups excluding tert-OH is 1. The number of hydrogen-bond acceptors (Lipinski definition) is 8. The number of hydrogen-bond donors (Lipinski definition) is 4. The van der Waals surface area contributed by atoms with Gasteiger partial charge in [0.1, 0.15) is 0 Å². The van der Waals surface area contributed by atoms with Crippen LogP contribution < -0.4 is 15.5 Å². The molecular formula is C31H37N3O7S. The molecule has 3 aromatic rings. The van der Waals surface area contributed by atoms with Gasteiger partial charge in [-0.1, -0.05) is 66.7 Å². The molecule has 1 aromatic heterocycles. The summed E-state index contributed by atoms with van der Waals surface area (Å²) < 4.78 is 13.6. The van der Waals surface area contributed by atoms with Crippen molar-refractivity contribution in [2.24, 2.45) is 0 Å². The van der Waals surface area contributed by atoms with Crippen molar-refractivity contribution in [1.82, 2.24) is 10.8 Å². The molecule has 2 amide bonds. The van der Waals surface area contributed by atoms with E-state index in [1.54, 1.807) is 17.6 Å². The number of carbonyl (C=O) groups is 2. The molecular weight excluding hydrogens is 558 g/mol. The van der Waals surface area contributed by atoms with Crippen molar-refractivity contribution in [2.45, 2.75) is 75.2 Å². The van der Waals surface area contributed by atoms with Crippen molar-refractivity contribution >= 4 is 23.6 Å². The summed E-state index contributed by atoms with van der Waals surface area (Å²) in [4.78, 5) is 23.2. The Kier molecular flexibility index (Phi) is 12.2. The fourth-order valence-corrected chi connectivity index (χ4v) is 5.55. The third-order valence-electron chi connectivity index (χ3n) is 6.99. The number of amides is 2. The Hall–Kier alpha value is -3.48. The van der Waals surface area contributed by atoms with Crippen molar-refractivity contribution in [3.05, 3.63) is 100 Å². The zero-order valence-corrected chi connectivity index (χ0v) is 24.1. The number of unbranched alkanes of at least 4 members (excludes halogenated alkanes) is 2. The fraction of sp³-hybridized carbons (Fsp3) is 0.387. The van der Waals surface area contributed by atoms with Crippen LogP contribution in [0.5, 0.6) is 0 Å². The van der Waals surface area contributed by atoms with E-state index in [0.717, 1.165) is 33.4 Å². The first-order chi connectivity index (χ1) is 20.4. The molecule has 4 rings (SSSR count). The summed E-state index contributed by atoms with van der Waals surface area (Å²) in [6, 6.07) is 20.7. The lowest BCUT2D eigenvalue weighted by Crippen LogP contribution is -2.32. The number of thioether (sulfide) groups is 1. The highest BCUT2D eigenvalue weighted by molar-refractivity contribution is 7.99. The molecule has 1 saturated heterocycles. The molecule has 1 fully saturated rings. The van der Waals surface area contributed by atoms with Gasteiger partial charge >= 0.3 is 0 Å². The van der Waals surface area contributed by atoms with Crippen molar-refractivity contribution in [3.63, 3.8) is 0 Å². The third kappa shape index (κ3) is 9.53. The van der Waals surface area contributed by atoms with Crippen LogP contribution >= 0.6 is 11.8 Å². The van der Waals surface area contributed by atoms with E-state index in [1.807, 2.05) is 54.6 Å². The SMILES string of the molecule is O=C(CCCCCC(=O)NCc1ccc([C@@H]2O[C@H](CSc3cccc[n+]3[O-])C[C@H](c3ccc(CO)cc3)O2)cc1)NO. The predicted octanol–water partition coefficient (Wildman–Crippen LogP) is 4.22. The molecule has 3 atom stereocenters. The summed E-state index contributed by atoms with van der Waals surface area (Å²) in [5, 5.41) is 33.6. The first kappa shape index (κ1) is 31.5. The number of aromatic nitrogens is 1. The smallest absolute Gasteiger partial charge is 0.251 e. The van der Waals surface area contributed by atoms with Gasteiger partial charge in [0.25, 0.3) is 5.03 Å². The van der Waals surface area contributed by atoms with Crippen LogP contribution in [0.1, 0.15) is 73.2 Å². The largest absolute Gasteiger partial charge is 0.618 e. The Balaban J connectivity index is 1.34. The lowest BCUT2D eigenvalue weighted by molar-refractivity contribution is -0.645. The monoisotopic (exact) mass is 595 g/mol. The average molecular weight is 596 g/mol. The van der Waals surface area contributed by atoms with Crippen LogP contribution in [-0.4, -0.2) is 34.0 Å². The van der Waals surface area contributed by atoms with Crippen molar-refractivity contribution in [1.29, 1.82) is 0 Å². The molecule has 0 unspecified atom stereocenters. The zero-order chi connectivity index (χ0) is 29.7. The Morgan fingerprint density at radius 3 is 2.29 bits per heavy atom. The fourth-order valence-electron chi connectivity index (χ4n) is 4.61. The van der Waals surface area contributed by atoms with E-state index in [0.29, 0.717) is 43.0 Å². The average Bonchev–Trinajstić information content (AvgIpc) is 3.03. The number of aliphatic hydroxyl groups is 1. The van der Waals surface area contributed by atoms with E-state index in [-0.39, 0.29) is 31.1 Å². The van der Waals surface area contributed by atoms with Crippen molar-refractivity contribution < 1.29 is 34.1 Å². The van der Waals surface area contributed by atoms with Gasteiger partial charge in [-0.15, -0.1) is 0 Å². The first-order valence-corrected chi connectivity index (χ1v) is 15.0. The number of nitrogens with one attached hydrogen (secondary N) is 2. The van der Waals surface area contributed by atoms with E-state index in [1.165, 1.54) is 18.0 Å². The maximum absolute atomic E-state index is 12.2. The number of benzene rings is 2. The van der Waals surface area contributed by atoms with Gasteiger partial charge in [-0.25, -0.2) is 5.48 Å². The van der Waals surface area contributed by atoms with Crippen molar-refractivity contribution in [3.8, 4) is 0 Å². The summed E-state index contributed by atoms with van der Waals surface area (Å²) in [5.41, 5.74) is 5.21. The molecule has 0 spiro atoms. The van der Waals surface area contributed by atoms with Crippen LogP contribution in [0.15, 0.2) is 78.0 Å². The Labute approximate surface area is 249 Å². The molecule has 10 nitrogen and oxygen atoms in total. The Morgan fingerprint density at radius 2 is 1.60 bits per heavy atom. The van der Waals surface area contributed by atoms with E-state index >= 15 is 0 Å². The van der Waals surface area contributed by atoms with Crippen molar-refractivity contribution in [2.75, 3.05) is 5.75 Å². The topological polar surface area (TPSA) is 144 Å². The number of pyridine rings is 1. The van der Waals surface area contributed by atoms with Crippen LogP contribution in [0.4, 0.5) is 0 Å². The van der Waals surface area contributed by atoms with Gasteiger partial charge in [-0.3, -0.25) is 14.8 Å². The van der Waals surface area contributed by atoms with Crippen LogP contribution in [0.25, 0.3) is 0 Å². The zero-order valence-electron chi connectivity index (χ0n) is 23.3. The van der Waals surface area contributed by atoms with E-state index in [2.05, 4.69) is 5.32 Å². The molecule has 0 saturated carbocycles. The summed E-state index contributed by atoms with van der Waals surface area (Å²) in [6.45, 7) is 0.366. The van der Waals surface area contributed by atoms with E-state index < -0.39 is 12.2 Å². The highest BCUT2D eigenvalue weighted by atomic mass is 32.2. The molecule has 0 aliphatic carbocycles. The molecule has 1 aliphatic rings. The number of nitrogens with zero attached hydrogens (tertiary/aromatic N) is 1. The minimum Gasteiger partial charge on any atom is -0.618 e. The number of hydroxylamine groups is 1. The van der Waals surface area contributed by atoms with Gasteiger partial charge in [-0.2, -0.15) is 4.73 Å². The Morgan fingerprint density at radius 1 is 0.905 bits per heavy atom. The van der Waals surface area contributed by atoms with Gasteiger partial charge in [0.15, 0.2) is 12.5 Å². The second-order valence-corrected chi connectivity index (χ2v) is 11.2.